The van der Waals surface area contributed by atoms with Crippen molar-refractivity contribution in [1.82, 2.24) is 4.72 Å². The lowest BCUT2D eigenvalue weighted by molar-refractivity contribution is -0.136. The monoisotopic (exact) mass is 345 g/mol. The van der Waals surface area contributed by atoms with E-state index in [0.29, 0.717) is 18.6 Å². The van der Waals surface area contributed by atoms with Crippen LogP contribution in [0, 0.1) is 0 Å². The van der Waals surface area contributed by atoms with Crippen molar-refractivity contribution < 1.29 is 32.9 Å². The first-order valence-corrected chi connectivity index (χ1v) is 8.48. The minimum Gasteiger partial charge on any atom is -0.495 e. The minimum atomic E-state index is -4.00. The normalized spacial score (nSPS) is 21.8. The molecule has 0 aromatic heterocycles. The van der Waals surface area contributed by atoms with Crippen LogP contribution in [0.5, 0.6) is 5.75 Å². The van der Waals surface area contributed by atoms with Crippen LogP contribution in [0.2, 0.25) is 0 Å². The number of nitrogens with one attached hydrogen (secondary N) is 1. The molecule has 0 unspecified atom stereocenters. The zero-order chi connectivity index (χ0) is 17.0. The molecular weight excluding hydrogens is 326 g/mol. The number of carboxylic acids is 1. The van der Waals surface area contributed by atoms with Crippen LogP contribution in [0.3, 0.4) is 0 Å². The molecule has 1 aromatic rings. The summed E-state index contributed by atoms with van der Waals surface area (Å²) in [6, 6.07) is 3.39. The highest BCUT2D eigenvalue weighted by Crippen LogP contribution is 2.26. The van der Waals surface area contributed by atoms with Gasteiger partial charge in [0.25, 0.3) is 0 Å². The lowest BCUT2D eigenvalue weighted by Gasteiger charge is -2.28. The maximum Gasteiger partial charge on any atom is 0.307 e. The van der Waals surface area contributed by atoms with Gasteiger partial charge in [-0.05, 0) is 24.1 Å². The average molecular weight is 345 g/mol. The predicted octanol–water partition coefficient (Wildman–Crippen LogP) is -0.250. The molecule has 0 saturated carbocycles. The number of ether oxygens (including phenoxy) is 2. The first-order chi connectivity index (χ1) is 10.8. The zero-order valence-corrected chi connectivity index (χ0v) is 13.4. The van der Waals surface area contributed by atoms with E-state index in [1.807, 2.05) is 0 Å². The van der Waals surface area contributed by atoms with Crippen molar-refractivity contribution in [3.63, 3.8) is 0 Å². The Morgan fingerprint density at radius 1 is 1.48 bits per heavy atom. The average Bonchev–Trinajstić information content (AvgIpc) is 2.49. The number of benzene rings is 1. The Balaban J connectivity index is 2.31. The summed E-state index contributed by atoms with van der Waals surface area (Å²) in [5, 5.41) is 18.7. The Morgan fingerprint density at radius 3 is 2.83 bits per heavy atom. The molecule has 1 fully saturated rings. The summed E-state index contributed by atoms with van der Waals surface area (Å²) >= 11 is 0. The number of sulfonamides is 1. The molecule has 1 aromatic carbocycles. The van der Waals surface area contributed by atoms with Crippen molar-refractivity contribution in [2.24, 2.45) is 0 Å². The first kappa shape index (κ1) is 17.7. The van der Waals surface area contributed by atoms with Crippen LogP contribution in [0.25, 0.3) is 0 Å². The molecule has 1 aliphatic heterocycles. The van der Waals surface area contributed by atoms with Crippen LogP contribution in [0.15, 0.2) is 23.1 Å². The quantitative estimate of drug-likeness (QED) is 0.650. The van der Waals surface area contributed by atoms with E-state index in [1.165, 1.54) is 25.3 Å². The minimum absolute atomic E-state index is 0.0670. The summed E-state index contributed by atoms with van der Waals surface area (Å²) in [5.74, 6) is -0.972. The molecule has 3 N–H and O–H groups in total. The van der Waals surface area contributed by atoms with Crippen molar-refractivity contribution in [2.75, 3.05) is 20.3 Å². The molecular formula is C14H19NO7S. The molecule has 1 aliphatic rings. The van der Waals surface area contributed by atoms with Gasteiger partial charge >= 0.3 is 5.97 Å². The molecule has 0 radical (unpaired) electrons. The van der Waals surface area contributed by atoms with E-state index >= 15 is 0 Å². The van der Waals surface area contributed by atoms with E-state index in [4.69, 9.17) is 14.6 Å². The van der Waals surface area contributed by atoms with Crippen molar-refractivity contribution in [3.05, 3.63) is 23.8 Å². The van der Waals surface area contributed by atoms with Gasteiger partial charge in [-0.15, -0.1) is 0 Å². The Morgan fingerprint density at radius 2 is 2.22 bits per heavy atom. The number of aliphatic carboxylic acids is 1. The summed E-state index contributed by atoms with van der Waals surface area (Å²) in [5.41, 5.74) is 0.333. The number of carbonyl (C=O) groups is 1. The molecule has 0 aliphatic carbocycles. The third-order valence-corrected chi connectivity index (χ3v) is 5.01. The van der Waals surface area contributed by atoms with Crippen molar-refractivity contribution in [3.8, 4) is 5.75 Å². The number of hydrogen-bond acceptors (Lipinski definition) is 6. The first-order valence-electron chi connectivity index (χ1n) is 7.00. The molecule has 0 amide bonds. The van der Waals surface area contributed by atoms with Crippen molar-refractivity contribution in [2.45, 2.75) is 29.9 Å². The van der Waals surface area contributed by atoms with E-state index in [0.717, 1.165) is 0 Å². The van der Waals surface area contributed by atoms with Gasteiger partial charge in [-0.25, -0.2) is 13.1 Å². The number of hydrogen-bond donors (Lipinski definition) is 3. The predicted molar refractivity (Wildman–Crippen MR) is 79.9 cm³/mol. The number of rotatable bonds is 6. The second-order valence-corrected chi connectivity index (χ2v) is 6.90. The number of aliphatic hydroxyl groups excluding tert-OH is 1. The molecule has 9 heteroatoms. The summed E-state index contributed by atoms with van der Waals surface area (Å²) in [6.07, 6.45) is -0.808. The van der Waals surface area contributed by atoms with E-state index in [2.05, 4.69) is 4.72 Å². The Bertz CT molecular complexity index is 674. The highest BCUT2D eigenvalue weighted by Gasteiger charge is 2.30. The Labute approximate surface area is 134 Å². The summed E-state index contributed by atoms with van der Waals surface area (Å²) < 4.78 is 37.7. The Kier molecular flexibility index (Phi) is 5.58. The van der Waals surface area contributed by atoms with Crippen LogP contribution in [-0.2, 0) is 26.0 Å². The maximum atomic E-state index is 12.6. The SMILES string of the molecule is COc1ccc(CC(=O)O)cc1S(=O)(=O)N[C@@H]1COCC[C@H]1O. The number of aliphatic hydroxyl groups is 1. The van der Waals surface area contributed by atoms with E-state index in [9.17, 15) is 18.3 Å². The smallest absolute Gasteiger partial charge is 0.307 e. The molecule has 128 valence electrons. The molecule has 1 heterocycles. The second-order valence-electron chi connectivity index (χ2n) is 5.21. The van der Waals surface area contributed by atoms with Gasteiger partial charge in [0.05, 0.1) is 32.3 Å². The molecule has 0 spiro atoms. The van der Waals surface area contributed by atoms with Crippen LogP contribution < -0.4 is 9.46 Å². The van der Waals surface area contributed by atoms with Crippen LogP contribution in [0.1, 0.15) is 12.0 Å². The van der Waals surface area contributed by atoms with Gasteiger partial charge in [0.2, 0.25) is 10.0 Å². The lowest BCUT2D eigenvalue weighted by Crippen LogP contribution is -2.49. The van der Waals surface area contributed by atoms with E-state index in [-0.39, 0.29) is 23.7 Å². The number of methoxy groups -OCH3 is 1. The topological polar surface area (TPSA) is 122 Å². The van der Waals surface area contributed by atoms with Gasteiger partial charge in [0.15, 0.2) is 0 Å². The van der Waals surface area contributed by atoms with Gasteiger partial charge in [0.1, 0.15) is 10.6 Å². The lowest BCUT2D eigenvalue weighted by atomic mass is 10.1. The highest BCUT2D eigenvalue weighted by molar-refractivity contribution is 7.89. The summed E-state index contributed by atoms with van der Waals surface area (Å²) in [4.78, 5) is 10.6. The Hall–Kier alpha value is -1.68. The standard InChI is InChI=1S/C14H19NO7S/c1-21-12-3-2-9(7-14(17)18)6-13(12)23(19,20)15-10-8-22-5-4-11(10)16/h2-3,6,10-11,15-16H,4-5,7-8H2,1H3,(H,17,18)/t10-,11-/m1/s1. The van der Waals surface area contributed by atoms with Crippen molar-refractivity contribution in [1.29, 1.82) is 0 Å². The fourth-order valence-corrected chi connectivity index (χ4v) is 3.79. The number of carboxylic acid groups (broad SMARTS) is 1. The highest BCUT2D eigenvalue weighted by atomic mass is 32.2. The van der Waals surface area contributed by atoms with Gasteiger partial charge < -0.3 is 19.7 Å². The second kappa shape index (κ2) is 7.26. The van der Waals surface area contributed by atoms with Gasteiger partial charge in [-0.3, -0.25) is 4.79 Å². The van der Waals surface area contributed by atoms with Gasteiger partial charge in [0, 0.05) is 6.61 Å². The fourth-order valence-electron chi connectivity index (χ4n) is 2.32. The van der Waals surface area contributed by atoms with Crippen LogP contribution in [-0.4, -0.2) is 57.1 Å². The van der Waals surface area contributed by atoms with E-state index < -0.39 is 28.1 Å². The third-order valence-electron chi connectivity index (χ3n) is 3.50. The molecule has 1 saturated heterocycles. The van der Waals surface area contributed by atoms with Crippen LogP contribution in [0.4, 0.5) is 0 Å². The molecule has 0 bridgehead atoms. The van der Waals surface area contributed by atoms with Crippen LogP contribution >= 0.6 is 0 Å². The largest absolute Gasteiger partial charge is 0.495 e. The van der Waals surface area contributed by atoms with E-state index in [1.54, 1.807) is 0 Å². The molecule has 2 atom stereocenters. The maximum absolute atomic E-state index is 12.6. The van der Waals surface area contributed by atoms with Crippen molar-refractivity contribution >= 4 is 16.0 Å². The van der Waals surface area contributed by atoms with Gasteiger partial charge in [-0.1, -0.05) is 6.07 Å². The molecule has 2 rings (SSSR count). The summed E-state index contributed by atoms with van der Waals surface area (Å²) in [6.45, 7) is 0.439. The molecule has 8 nitrogen and oxygen atoms in total. The zero-order valence-electron chi connectivity index (χ0n) is 12.6. The van der Waals surface area contributed by atoms with Gasteiger partial charge in [-0.2, -0.15) is 0 Å². The molecule has 23 heavy (non-hydrogen) atoms. The summed E-state index contributed by atoms with van der Waals surface area (Å²) in [7, 11) is -2.68. The fraction of sp³-hybridized carbons (Fsp3) is 0.500. The third kappa shape index (κ3) is 4.41.